The van der Waals surface area contributed by atoms with Crippen LogP contribution in [0.4, 0.5) is 23.0 Å². The highest BCUT2D eigenvalue weighted by Gasteiger charge is 2.20. The van der Waals surface area contributed by atoms with Crippen LogP contribution in [0.25, 0.3) is 0 Å². The molecule has 0 bridgehead atoms. The molecule has 0 unspecified atom stereocenters. The Bertz CT molecular complexity index is 673. The number of hydrogen-bond acceptors (Lipinski definition) is 7. The highest BCUT2D eigenvalue weighted by molar-refractivity contribution is 14.1. The molecular formula is C16H21IN6O. The number of aliphatic hydroxyl groups excluding tert-OH is 1. The smallest absolute Gasteiger partial charge is 0.159 e. The lowest BCUT2D eigenvalue weighted by Gasteiger charge is -2.35. The van der Waals surface area contributed by atoms with Gasteiger partial charge in [0.25, 0.3) is 0 Å². The van der Waals surface area contributed by atoms with Crippen LogP contribution in [-0.4, -0.2) is 59.3 Å². The van der Waals surface area contributed by atoms with Gasteiger partial charge in [0.1, 0.15) is 12.0 Å². The van der Waals surface area contributed by atoms with Crippen LogP contribution in [0.3, 0.4) is 0 Å². The number of aromatic nitrogens is 2. The Morgan fingerprint density at radius 1 is 1.12 bits per heavy atom. The molecule has 0 radical (unpaired) electrons. The molecule has 24 heavy (non-hydrogen) atoms. The van der Waals surface area contributed by atoms with Crippen LogP contribution in [0, 0.1) is 3.57 Å². The molecule has 2 heterocycles. The van der Waals surface area contributed by atoms with Gasteiger partial charge in [-0.2, -0.15) is 0 Å². The van der Waals surface area contributed by atoms with Crippen LogP contribution in [0.2, 0.25) is 0 Å². The fourth-order valence-corrected chi connectivity index (χ4v) is 3.09. The number of anilines is 4. The lowest BCUT2D eigenvalue weighted by molar-refractivity contribution is 0.188. The first kappa shape index (κ1) is 17.2. The highest BCUT2D eigenvalue weighted by Crippen LogP contribution is 2.29. The molecule has 0 atom stereocenters. The molecule has 7 nitrogen and oxygen atoms in total. The number of aliphatic hydroxyl groups is 1. The van der Waals surface area contributed by atoms with E-state index in [2.05, 4.69) is 47.7 Å². The third-order valence-electron chi connectivity index (χ3n) is 4.06. The summed E-state index contributed by atoms with van der Waals surface area (Å²) in [6.07, 6.45) is 1.54. The maximum Gasteiger partial charge on any atom is 0.159 e. The molecule has 2 aromatic rings. The van der Waals surface area contributed by atoms with Crippen LogP contribution < -0.4 is 16.0 Å². The van der Waals surface area contributed by atoms with E-state index in [9.17, 15) is 0 Å². The second-order valence-electron chi connectivity index (χ2n) is 5.64. The fourth-order valence-electron chi connectivity index (χ4n) is 2.73. The van der Waals surface area contributed by atoms with Crippen LogP contribution in [0.1, 0.15) is 0 Å². The molecule has 3 rings (SSSR count). The number of halogens is 1. The third-order valence-corrected chi connectivity index (χ3v) is 4.78. The molecule has 0 saturated carbocycles. The quantitative estimate of drug-likeness (QED) is 0.608. The van der Waals surface area contributed by atoms with E-state index in [0.717, 1.165) is 37.7 Å². The minimum absolute atomic E-state index is 0.194. The first-order valence-electron chi connectivity index (χ1n) is 7.88. The molecule has 1 fully saturated rings. The predicted molar refractivity (Wildman–Crippen MR) is 105 cm³/mol. The molecule has 8 heteroatoms. The van der Waals surface area contributed by atoms with Crippen LogP contribution in [0.5, 0.6) is 0 Å². The van der Waals surface area contributed by atoms with Crippen molar-refractivity contribution in [3.63, 3.8) is 0 Å². The summed E-state index contributed by atoms with van der Waals surface area (Å²) < 4.78 is 1.18. The van der Waals surface area contributed by atoms with Gasteiger partial charge in [0.15, 0.2) is 11.6 Å². The van der Waals surface area contributed by atoms with Crippen molar-refractivity contribution in [1.29, 1.82) is 0 Å². The van der Waals surface area contributed by atoms with E-state index in [1.165, 1.54) is 3.57 Å². The van der Waals surface area contributed by atoms with Crippen molar-refractivity contribution in [2.45, 2.75) is 0 Å². The standard InChI is InChI=1S/C16H21IN6O/c17-12-1-3-13(4-2-12)21-15-14(18)16(20-11-19-15)23-7-5-22(6-8-23)9-10-24/h1-4,11,24H,5-10,18H2,(H,19,20,21). The summed E-state index contributed by atoms with van der Waals surface area (Å²) in [4.78, 5) is 13.1. The molecular weight excluding hydrogens is 419 g/mol. The summed E-state index contributed by atoms with van der Waals surface area (Å²) in [6.45, 7) is 4.37. The van der Waals surface area contributed by atoms with Crippen molar-refractivity contribution in [1.82, 2.24) is 14.9 Å². The lowest BCUT2D eigenvalue weighted by Crippen LogP contribution is -2.47. The van der Waals surface area contributed by atoms with Crippen molar-refractivity contribution in [2.75, 3.05) is 55.3 Å². The van der Waals surface area contributed by atoms with E-state index >= 15 is 0 Å². The Morgan fingerprint density at radius 2 is 1.83 bits per heavy atom. The number of nitrogens with zero attached hydrogens (tertiary/aromatic N) is 4. The number of piperazine rings is 1. The number of hydrogen-bond donors (Lipinski definition) is 3. The van der Waals surface area contributed by atoms with E-state index < -0.39 is 0 Å². The van der Waals surface area contributed by atoms with Crippen molar-refractivity contribution < 1.29 is 5.11 Å². The maximum absolute atomic E-state index is 9.03. The average molecular weight is 440 g/mol. The summed E-state index contributed by atoms with van der Waals surface area (Å²) in [7, 11) is 0. The van der Waals surface area contributed by atoms with Gasteiger partial charge >= 0.3 is 0 Å². The number of nitrogens with two attached hydrogens (primary N) is 1. The second kappa shape index (κ2) is 7.95. The molecule has 4 N–H and O–H groups in total. The van der Waals surface area contributed by atoms with Gasteiger partial charge in [0.05, 0.1) is 6.61 Å². The van der Waals surface area contributed by atoms with Crippen molar-refractivity contribution in [3.05, 3.63) is 34.2 Å². The van der Waals surface area contributed by atoms with E-state index in [1.54, 1.807) is 6.33 Å². The van der Waals surface area contributed by atoms with Gasteiger partial charge in [0, 0.05) is 42.0 Å². The Hall–Kier alpha value is -1.65. The molecule has 128 valence electrons. The SMILES string of the molecule is Nc1c(Nc2ccc(I)cc2)ncnc1N1CCN(CCO)CC1. The van der Waals surface area contributed by atoms with E-state index in [1.807, 2.05) is 24.3 Å². The molecule has 1 aliphatic heterocycles. The molecule has 1 saturated heterocycles. The lowest BCUT2D eigenvalue weighted by atomic mass is 10.3. The van der Waals surface area contributed by atoms with Gasteiger partial charge in [-0.3, -0.25) is 4.90 Å². The molecule has 1 aliphatic rings. The van der Waals surface area contributed by atoms with Gasteiger partial charge < -0.3 is 21.1 Å². The normalized spacial score (nSPS) is 15.5. The van der Waals surface area contributed by atoms with E-state index in [0.29, 0.717) is 18.1 Å². The molecule has 0 aliphatic carbocycles. The molecule has 0 spiro atoms. The highest BCUT2D eigenvalue weighted by atomic mass is 127. The Kier molecular flexibility index (Phi) is 5.69. The molecule has 0 amide bonds. The van der Waals surface area contributed by atoms with Gasteiger partial charge in [-0.15, -0.1) is 0 Å². The molecule has 1 aromatic carbocycles. The van der Waals surface area contributed by atoms with Crippen molar-refractivity contribution in [2.24, 2.45) is 0 Å². The monoisotopic (exact) mass is 440 g/mol. The summed E-state index contributed by atoms with van der Waals surface area (Å²) >= 11 is 2.27. The number of rotatable bonds is 5. The van der Waals surface area contributed by atoms with E-state index in [4.69, 9.17) is 10.8 Å². The number of nitrogen functional groups attached to an aromatic ring is 1. The fraction of sp³-hybridized carbons (Fsp3) is 0.375. The number of β-amino-alcohol motifs (C(OH)–C–C–N with tert-alkyl or cyclic N) is 1. The van der Waals surface area contributed by atoms with E-state index in [-0.39, 0.29) is 6.61 Å². The van der Waals surface area contributed by atoms with Gasteiger partial charge in [-0.25, -0.2) is 9.97 Å². The topological polar surface area (TPSA) is 90.5 Å². The largest absolute Gasteiger partial charge is 0.395 e. The van der Waals surface area contributed by atoms with Crippen LogP contribution in [0.15, 0.2) is 30.6 Å². The van der Waals surface area contributed by atoms with Crippen molar-refractivity contribution in [3.8, 4) is 0 Å². The maximum atomic E-state index is 9.03. The average Bonchev–Trinajstić information content (AvgIpc) is 2.60. The Labute approximate surface area is 155 Å². The zero-order chi connectivity index (χ0) is 16.9. The Balaban J connectivity index is 1.73. The minimum Gasteiger partial charge on any atom is -0.395 e. The van der Waals surface area contributed by atoms with Crippen LogP contribution >= 0.6 is 22.6 Å². The zero-order valence-corrected chi connectivity index (χ0v) is 15.5. The molecule has 1 aromatic heterocycles. The number of benzene rings is 1. The summed E-state index contributed by atoms with van der Waals surface area (Å²) in [5.41, 5.74) is 7.81. The zero-order valence-electron chi connectivity index (χ0n) is 13.3. The summed E-state index contributed by atoms with van der Waals surface area (Å²) in [5, 5.41) is 12.3. The summed E-state index contributed by atoms with van der Waals surface area (Å²) in [5.74, 6) is 1.39. The second-order valence-corrected chi connectivity index (χ2v) is 6.89. The predicted octanol–water partition coefficient (Wildman–Crippen LogP) is 1.52. The van der Waals surface area contributed by atoms with Crippen molar-refractivity contribution >= 4 is 45.6 Å². The third kappa shape index (κ3) is 4.05. The first-order valence-corrected chi connectivity index (χ1v) is 8.96. The minimum atomic E-state index is 0.194. The van der Waals surface area contributed by atoms with Crippen LogP contribution in [-0.2, 0) is 0 Å². The van der Waals surface area contributed by atoms with Gasteiger partial charge in [-0.05, 0) is 46.9 Å². The van der Waals surface area contributed by atoms with Gasteiger partial charge in [-0.1, -0.05) is 0 Å². The van der Waals surface area contributed by atoms with Gasteiger partial charge in [0.2, 0.25) is 0 Å². The summed E-state index contributed by atoms with van der Waals surface area (Å²) in [6, 6.07) is 8.05. The number of nitrogens with one attached hydrogen (secondary N) is 1. The Morgan fingerprint density at radius 3 is 2.50 bits per heavy atom. The first-order chi connectivity index (χ1) is 11.7.